The third kappa shape index (κ3) is 2.47. The molecular formula is C10H16N4. The van der Waals surface area contributed by atoms with Crippen LogP contribution in [0.1, 0.15) is 11.1 Å². The number of rotatable bonds is 3. The molecule has 0 spiro atoms. The lowest BCUT2D eigenvalue weighted by molar-refractivity contribution is 0.489. The van der Waals surface area contributed by atoms with Crippen LogP contribution in [0.15, 0.2) is 24.3 Å². The average Bonchev–Trinajstić information content (AvgIpc) is 2.18. The van der Waals surface area contributed by atoms with E-state index in [2.05, 4.69) is 0 Å². The Morgan fingerprint density at radius 3 is 2.43 bits per heavy atom. The summed E-state index contributed by atoms with van der Waals surface area (Å²) in [4.78, 5) is 1.68. The molecule has 0 amide bonds. The van der Waals surface area contributed by atoms with Crippen molar-refractivity contribution in [2.75, 3.05) is 7.05 Å². The highest BCUT2D eigenvalue weighted by Gasteiger charge is 2.04. The van der Waals surface area contributed by atoms with Gasteiger partial charge in [0.1, 0.15) is 0 Å². The van der Waals surface area contributed by atoms with Crippen molar-refractivity contribution in [2.24, 2.45) is 11.5 Å². The number of nitrogens with one attached hydrogen (secondary N) is 1. The quantitative estimate of drug-likeness (QED) is 0.481. The lowest BCUT2D eigenvalue weighted by Gasteiger charge is -2.18. The second-order valence-corrected chi connectivity index (χ2v) is 3.21. The summed E-state index contributed by atoms with van der Waals surface area (Å²) in [7, 11) is 1.79. The van der Waals surface area contributed by atoms with Crippen LogP contribution in [0.4, 0.5) is 0 Å². The van der Waals surface area contributed by atoms with Gasteiger partial charge in [-0.1, -0.05) is 24.3 Å². The van der Waals surface area contributed by atoms with Gasteiger partial charge in [-0.25, -0.2) is 0 Å². The second kappa shape index (κ2) is 4.62. The molecule has 0 bridgehead atoms. The Hall–Kier alpha value is -1.55. The van der Waals surface area contributed by atoms with E-state index in [1.807, 2.05) is 24.3 Å². The van der Waals surface area contributed by atoms with Crippen molar-refractivity contribution in [3.63, 3.8) is 0 Å². The highest BCUT2D eigenvalue weighted by molar-refractivity contribution is 5.74. The SMILES string of the molecule is CN(Cc1ccccc1CN)C(=N)N. The zero-order chi connectivity index (χ0) is 10.6. The van der Waals surface area contributed by atoms with Crippen molar-refractivity contribution < 1.29 is 0 Å². The van der Waals surface area contributed by atoms with Gasteiger partial charge in [-0.3, -0.25) is 5.41 Å². The smallest absolute Gasteiger partial charge is 0.188 e. The molecule has 4 heteroatoms. The average molecular weight is 192 g/mol. The number of nitrogens with zero attached hydrogens (tertiary/aromatic N) is 1. The van der Waals surface area contributed by atoms with Crippen molar-refractivity contribution in [1.82, 2.24) is 4.90 Å². The molecule has 14 heavy (non-hydrogen) atoms. The molecule has 1 aromatic rings. The first-order valence-corrected chi connectivity index (χ1v) is 4.47. The maximum absolute atomic E-state index is 7.25. The molecule has 1 rings (SSSR count). The minimum atomic E-state index is 0.0665. The van der Waals surface area contributed by atoms with E-state index in [-0.39, 0.29) is 5.96 Å². The van der Waals surface area contributed by atoms with Crippen molar-refractivity contribution in [3.05, 3.63) is 35.4 Å². The fourth-order valence-electron chi connectivity index (χ4n) is 1.25. The molecule has 0 atom stereocenters. The lowest BCUT2D eigenvalue weighted by Crippen LogP contribution is -2.32. The zero-order valence-corrected chi connectivity index (χ0v) is 8.33. The van der Waals surface area contributed by atoms with Crippen molar-refractivity contribution in [3.8, 4) is 0 Å². The van der Waals surface area contributed by atoms with Crippen LogP contribution >= 0.6 is 0 Å². The van der Waals surface area contributed by atoms with E-state index in [0.29, 0.717) is 13.1 Å². The van der Waals surface area contributed by atoms with Gasteiger partial charge in [0.05, 0.1) is 0 Å². The first kappa shape index (κ1) is 10.5. The van der Waals surface area contributed by atoms with Gasteiger partial charge in [0.15, 0.2) is 5.96 Å². The summed E-state index contributed by atoms with van der Waals surface area (Å²) in [5.74, 6) is 0.0665. The highest BCUT2D eigenvalue weighted by Crippen LogP contribution is 2.09. The summed E-state index contributed by atoms with van der Waals surface area (Å²) < 4.78 is 0. The zero-order valence-electron chi connectivity index (χ0n) is 8.33. The lowest BCUT2D eigenvalue weighted by atomic mass is 10.1. The fourth-order valence-corrected chi connectivity index (χ4v) is 1.25. The normalized spacial score (nSPS) is 9.86. The van der Waals surface area contributed by atoms with Gasteiger partial charge in [-0.2, -0.15) is 0 Å². The molecule has 0 aromatic heterocycles. The van der Waals surface area contributed by atoms with Crippen LogP contribution in [0.2, 0.25) is 0 Å². The van der Waals surface area contributed by atoms with Crippen LogP contribution in [0, 0.1) is 5.41 Å². The maximum atomic E-state index is 7.25. The number of guanidine groups is 1. The molecule has 76 valence electrons. The molecule has 0 aliphatic rings. The summed E-state index contributed by atoms with van der Waals surface area (Å²) in [6, 6.07) is 7.91. The second-order valence-electron chi connectivity index (χ2n) is 3.21. The van der Waals surface area contributed by atoms with Gasteiger partial charge >= 0.3 is 0 Å². The topological polar surface area (TPSA) is 79.1 Å². The molecule has 0 unspecified atom stereocenters. The minimum Gasteiger partial charge on any atom is -0.370 e. The van der Waals surface area contributed by atoms with Crippen molar-refractivity contribution in [1.29, 1.82) is 5.41 Å². The Balaban J connectivity index is 2.80. The number of nitrogens with two attached hydrogens (primary N) is 2. The van der Waals surface area contributed by atoms with E-state index in [1.54, 1.807) is 11.9 Å². The van der Waals surface area contributed by atoms with E-state index >= 15 is 0 Å². The van der Waals surface area contributed by atoms with E-state index < -0.39 is 0 Å². The molecular weight excluding hydrogens is 176 g/mol. The summed E-state index contributed by atoms with van der Waals surface area (Å²) in [5.41, 5.74) is 13.2. The molecule has 0 heterocycles. The number of hydrogen-bond donors (Lipinski definition) is 3. The van der Waals surface area contributed by atoms with Gasteiger partial charge in [0, 0.05) is 20.1 Å². The van der Waals surface area contributed by atoms with Gasteiger partial charge < -0.3 is 16.4 Å². The van der Waals surface area contributed by atoms with E-state index in [1.165, 1.54) is 0 Å². The van der Waals surface area contributed by atoms with Crippen molar-refractivity contribution >= 4 is 5.96 Å². The maximum Gasteiger partial charge on any atom is 0.188 e. The summed E-state index contributed by atoms with van der Waals surface area (Å²) in [5, 5.41) is 7.25. The van der Waals surface area contributed by atoms with Crippen LogP contribution in [-0.4, -0.2) is 17.9 Å². The Bertz CT molecular complexity index is 322. The van der Waals surface area contributed by atoms with E-state index in [4.69, 9.17) is 16.9 Å². The fraction of sp³-hybridized carbons (Fsp3) is 0.300. The van der Waals surface area contributed by atoms with Gasteiger partial charge in [0.25, 0.3) is 0 Å². The van der Waals surface area contributed by atoms with Crippen LogP contribution in [0.25, 0.3) is 0 Å². The van der Waals surface area contributed by atoms with Crippen LogP contribution in [0.5, 0.6) is 0 Å². The molecule has 1 aromatic carbocycles. The molecule has 0 saturated heterocycles. The molecule has 0 aliphatic heterocycles. The molecule has 0 fully saturated rings. The van der Waals surface area contributed by atoms with Gasteiger partial charge in [-0.15, -0.1) is 0 Å². The Labute approximate surface area is 84.0 Å². The molecule has 0 aliphatic carbocycles. The summed E-state index contributed by atoms with van der Waals surface area (Å²) >= 11 is 0. The third-order valence-electron chi connectivity index (χ3n) is 2.16. The van der Waals surface area contributed by atoms with Crippen LogP contribution < -0.4 is 11.5 Å². The van der Waals surface area contributed by atoms with Crippen molar-refractivity contribution in [2.45, 2.75) is 13.1 Å². The summed E-state index contributed by atoms with van der Waals surface area (Å²) in [6.45, 7) is 1.14. The van der Waals surface area contributed by atoms with E-state index in [9.17, 15) is 0 Å². The highest BCUT2D eigenvalue weighted by atomic mass is 15.2. The number of hydrogen-bond acceptors (Lipinski definition) is 2. The predicted octanol–water partition coefficient (Wildman–Crippen LogP) is 0.471. The minimum absolute atomic E-state index is 0.0665. The standard InChI is InChI=1S/C10H16N4/c1-14(10(12)13)7-9-5-3-2-4-8(9)6-11/h2-5H,6-7,11H2,1H3,(H3,12,13). The Morgan fingerprint density at radius 1 is 1.36 bits per heavy atom. The molecule has 0 saturated carbocycles. The largest absolute Gasteiger partial charge is 0.370 e. The molecule has 4 nitrogen and oxygen atoms in total. The Kier molecular flexibility index (Phi) is 3.48. The van der Waals surface area contributed by atoms with E-state index in [0.717, 1.165) is 11.1 Å². The predicted molar refractivity (Wildman–Crippen MR) is 57.7 cm³/mol. The summed E-state index contributed by atoms with van der Waals surface area (Å²) in [6.07, 6.45) is 0. The molecule has 5 N–H and O–H groups in total. The van der Waals surface area contributed by atoms with Crippen LogP contribution in [0.3, 0.4) is 0 Å². The first-order valence-electron chi connectivity index (χ1n) is 4.47. The van der Waals surface area contributed by atoms with Gasteiger partial charge in [-0.05, 0) is 11.1 Å². The monoisotopic (exact) mass is 192 g/mol. The Morgan fingerprint density at radius 2 is 1.93 bits per heavy atom. The van der Waals surface area contributed by atoms with Crippen LogP contribution in [-0.2, 0) is 13.1 Å². The number of benzene rings is 1. The van der Waals surface area contributed by atoms with Gasteiger partial charge in [0.2, 0.25) is 0 Å². The molecule has 0 radical (unpaired) electrons. The third-order valence-corrected chi connectivity index (χ3v) is 2.16. The first-order chi connectivity index (χ1) is 6.65.